The molecule has 37 heavy (non-hydrogen) atoms. The van der Waals surface area contributed by atoms with Crippen LogP contribution < -0.4 is 9.47 Å². The Morgan fingerprint density at radius 2 is 1.03 bits per heavy atom. The summed E-state index contributed by atoms with van der Waals surface area (Å²) in [6, 6.07) is 7.92. The molecular formula is C27H28Br4O6. The van der Waals surface area contributed by atoms with E-state index in [1.165, 1.54) is 0 Å². The van der Waals surface area contributed by atoms with Crippen LogP contribution in [0.1, 0.15) is 58.1 Å². The smallest absolute Gasteiger partial charge is 0.336 e. The Labute approximate surface area is 251 Å². The summed E-state index contributed by atoms with van der Waals surface area (Å²) in [6.07, 6.45) is -0.792. The van der Waals surface area contributed by atoms with Gasteiger partial charge in [-0.15, -0.1) is 0 Å². The quantitative estimate of drug-likeness (QED) is 0.129. The van der Waals surface area contributed by atoms with Gasteiger partial charge in [-0.25, -0.2) is 9.59 Å². The maximum absolute atomic E-state index is 11.8. The molecule has 2 unspecified atom stereocenters. The molecule has 0 heterocycles. The highest BCUT2D eigenvalue weighted by Crippen LogP contribution is 2.43. The molecule has 0 aromatic heterocycles. The zero-order valence-corrected chi connectivity index (χ0v) is 27.5. The number of rotatable bonds is 11. The van der Waals surface area contributed by atoms with E-state index in [1.807, 2.05) is 24.3 Å². The highest BCUT2D eigenvalue weighted by Gasteiger charge is 2.22. The van der Waals surface area contributed by atoms with Crippen molar-refractivity contribution in [1.29, 1.82) is 0 Å². The first kappa shape index (κ1) is 31.6. The second kappa shape index (κ2) is 14.0. The molecule has 0 amide bonds. The molecule has 0 radical (unpaired) electrons. The summed E-state index contributed by atoms with van der Waals surface area (Å²) in [6.45, 7) is 15.7. The van der Waals surface area contributed by atoms with Gasteiger partial charge in [0.15, 0.2) is 11.5 Å². The fourth-order valence-electron chi connectivity index (χ4n) is 3.33. The van der Waals surface area contributed by atoms with Crippen molar-refractivity contribution >= 4 is 75.7 Å². The lowest BCUT2D eigenvalue weighted by Crippen LogP contribution is -2.21. The van der Waals surface area contributed by atoms with Crippen LogP contribution >= 0.6 is 63.7 Å². The Hall–Kier alpha value is -1.62. The van der Waals surface area contributed by atoms with Crippen molar-refractivity contribution in [3.63, 3.8) is 0 Å². The van der Waals surface area contributed by atoms with E-state index in [0.29, 0.717) is 40.5 Å². The van der Waals surface area contributed by atoms with Crippen molar-refractivity contribution < 1.29 is 28.5 Å². The largest absolute Gasteiger partial charge is 0.453 e. The Morgan fingerprint density at radius 1 is 0.730 bits per heavy atom. The zero-order chi connectivity index (χ0) is 28.0. The van der Waals surface area contributed by atoms with E-state index in [1.54, 1.807) is 27.7 Å². The first-order valence-electron chi connectivity index (χ1n) is 11.3. The number of carbonyl (C=O) groups excluding carboxylic acids is 2. The molecule has 0 saturated heterocycles. The molecule has 2 aromatic carbocycles. The minimum atomic E-state index is -0.805. The van der Waals surface area contributed by atoms with E-state index < -0.39 is 24.5 Å². The van der Waals surface area contributed by atoms with Gasteiger partial charge in [0.2, 0.25) is 12.6 Å². The molecule has 2 atom stereocenters. The van der Waals surface area contributed by atoms with Crippen molar-refractivity contribution in [2.75, 3.05) is 0 Å². The fraction of sp³-hybridized carbons (Fsp3) is 0.333. The minimum absolute atomic E-state index is 0.0423. The number of hydrogen-bond donors (Lipinski definition) is 0. The Morgan fingerprint density at radius 3 is 1.27 bits per heavy atom. The third-order valence-electron chi connectivity index (χ3n) is 5.06. The van der Waals surface area contributed by atoms with Crippen LogP contribution in [0.4, 0.5) is 0 Å². The number of esters is 2. The van der Waals surface area contributed by atoms with Crippen LogP contribution in [-0.4, -0.2) is 24.5 Å². The van der Waals surface area contributed by atoms with Crippen LogP contribution in [0.3, 0.4) is 0 Å². The summed E-state index contributed by atoms with van der Waals surface area (Å²) < 4.78 is 25.0. The summed E-state index contributed by atoms with van der Waals surface area (Å²) in [5.41, 5.74) is 2.67. The van der Waals surface area contributed by atoms with Crippen LogP contribution in [-0.2, 0) is 19.1 Å². The van der Waals surface area contributed by atoms with Gasteiger partial charge in [0.1, 0.15) is 0 Å². The van der Waals surface area contributed by atoms with Crippen LogP contribution in [0, 0.1) is 0 Å². The average molecular weight is 768 g/mol. The molecule has 2 rings (SSSR count). The van der Waals surface area contributed by atoms with Gasteiger partial charge < -0.3 is 18.9 Å². The predicted octanol–water partition coefficient (Wildman–Crippen LogP) is 8.97. The van der Waals surface area contributed by atoms with Gasteiger partial charge in [0.05, 0.1) is 17.9 Å². The molecule has 0 aliphatic carbocycles. The summed E-state index contributed by atoms with van der Waals surface area (Å²) in [5.74, 6) is 0.0411. The maximum atomic E-state index is 11.8. The number of hydrogen-bond acceptors (Lipinski definition) is 6. The van der Waals surface area contributed by atoms with Gasteiger partial charge >= 0.3 is 11.9 Å². The lowest BCUT2D eigenvalue weighted by Gasteiger charge is -2.23. The second-order valence-corrected chi connectivity index (χ2v) is 11.7. The summed E-state index contributed by atoms with van der Waals surface area (Å²) >= 11 is 14.4. The highest BCUT2D eigenvalue weighted by atomic mass is 79.9. The van der Waals surface area contributed by atoms with Crippen molar-refractivity contribution in [2.24, 2.45) is 0 Å². The summed E-state index contributed by atoms with van der Waals surface area (Å²) in [4.78, 5) is 23.6. The van der Waals surface area contributed by atoms with E-state index in [4.69, 9.17) is 18.9 Å². The highest BCUT2D eigenvalue weighted by molar-refractivity contribution is 9.11. The summed E-state index contributed by atoms with van der Waals surface area (Å²) in [5, 5.41) is 0. The Kier molecular flexibility index (Phi) is 11.9. The average Bonchev–Trinajstić information content (AvgIpc) is 2.79. The molecule has 10 heteroatoms. The number of carbonyl (C=O) groups is 2. The van der Waals surface area contributed by atoms with Gasteiger partial charge in [-0.1, -0.05) is 20.1 Å². The van der Waals surface area contributed by atoms with Crippen LogP contribution in [0.25, 0.3) is 0 Å². The van der Waals surface area contributed by atoms with Crippen LogP contribution in [0.15, 0.2) is 66.5 Å². The number of halogens is 4. The van der Waals surface area contributed by atoms with Crippen molar-refractivity contribution in [2.45, 2.75) is 59.5 Å². The maximum Gasteiger partial charge on any atom is 0.336 e. The van der Waals surface area contributed by atoms with Crippen molar-refractivity contribution in [3.8, 4) is 11.5 Å². The van der Waals surface area contributed by atoms with E-state index >= 15 is 0 Å². The molecule has 0 fully saturated rings. The van der Waals surface area contributed by atoms with E-state index in [-0.39, 0.29) is 5.92 Å². The monoisotopic (exact) mass is 764 g/mol. The molecule has 0 saturated carbocycles. The molecule has 0 N–H and O–H groups in total. The zero-order valence-electron chi connectivity index (χ0n) is 21.1. The summed E-state index contributed by atoms with van der Waals surface area (Å²) in [7, 11) is 0. The number of benzene rings is 2. The van der Waals surface area contributed by atoms with E-state index in [9.17, 15) is 9.59 Å². The predicted molar refractivity (Wildman–Crippen MR) is 158 cm³/mol. The minimum Gasteiger partial charge on any atom is -0.453 e. The topological polar surface area (TPSA) is 71.1 Å². The number of ether oxygens (including phenoxy) is 4. The van der Waals surface area contributed by atoms with Gasteiger partial charge in [0.25, 0.3) is 0 Å². The van der Waals surface area contributed by atoms with Crippen molar-refractivity contribution in [3.05, 3.63) is 77.6 Å². The molecule has 6 nitrogen and oxygen atoms in total. The van der Waals surface area contributed by atoms with E-state index in [0.717, 1.165) is 17.5 Å². The third kappa shape index (κ3) is 8.70. The molecule has 0 bridgehead atoms. The first-order chi connectivity index (χ1) is 17.2. The third-order valence-corrected chi connectivity index (χ3v) is 7.42. The first-order valence-corrected chi connectivity index (χ1v) is 14.5. The van der Waals surface area contributed by atoms with Crippen LogP contribution in [0.5, 0.6) is 11.5 Å². The lowest BCUT2D eigenvalue weighted by molar-refractivity contribution is -0.157. The Bertz CT molecular complexity index is 1070. The molecule has 0 spiro atoms. The fourth-order valence-corrected chi connectivity index (χ4v) is 6.15. The molecular weight excluding hydrogens is 740 g/mol. The van der Waals surface area contributed by atoms with Crippen LogP contribution in [0.2, 0.25) is 0 Å². The standard InChI is InChI=1S/C27H28Br4O6/c1-8-19(17-9-20(28)24(21(29)10-17)34-15(6)36-26(32)13(2)3)18-11-22(30)25(23(31)12-18)35-16(7)37-27(33)14(4)5/h9-12,15-16,19H,2,4,8H2,1,3,5-7H3. The lowest BCUT2D eigenvalue weighted by atomic mass is 9.89. The second-order valence-electron chi connectivity index (χ2n) is 8.33. The van der Waals surface area contributed by atoms with Gasteiger partial charge in [0, 0.05) is 30.9 Å². The molecule has 200 valence electrons. The SMILES string of the molecule is C=C(C)C(=O)OC(C)Oc1c(Br)cc(C(CC)c2cc(Br)c(OC(C)OC(=O)C(=C)C)c(Br)c2)cc1Br. The van der Waals surface area contributed by atoms with Gasteiger partial charge in [-0.05, 0) is 119 Å². The molecule has 2 aromatic rings. The molecule has 0 aliphatic heterocycles. The van der Waals surface area contributed by atoms with Gasteiger partial charge in [-0.2, -0.15) is 0 Å². The van der Waals surface area contributed by atoms with Gasteiger partial charge in [-0.3, -0.25) is 0 Å². The molecule has 0 aliphatic rings. The normalized spacial score (nSPS) is 13.2. The van der Waals surface area contributed by atoms with E-state index in [2.05, 4.69) is 83.8 Å². The Balaban J connectivity index is 2.30. The van der Waals surface area contributed by atoms with Crippen molar-refractivity contribution in [1.82, 2.24) is 0 Å².